The van der Waals surface area contributed by atoms with Crippen LogP contribution in [-0.4, -0.2) is 71.8 Å². The summed E-state index contributed by atoms with van der Waals surface area (Å²) in [7, 11) is 1.42. The first-order valence-electron chi connectivity index (χ1n) is 13.5. The molecule has 2 aromatic carbocycles. The summed E-state index contributed by atoms with van der Waals surface area (Å²) < 4.78 is 85.5. The number of benzene rings is 2. The Morgan fingerprint density at radius 3 is 2.48 bits per heavy atom. The molecule has 1 fully saturated rings. The van der Waals surface area contributed by atoms with Crippen molar-refractivity contribution in [3.8, 4) is 11.1 Å². The van der Waals surface area contributed by atoms with E-state index in [2.05, 4.69) is 11.6 Å². The van der Waals surface area contributed by atoms with Crippen molar-refractivity contribution in [1.82, 2.24) is 14.5 Å². The van der Waals surface area contributed by atoms with Gasteiger partial charge in [0.05, 0.1) is 28.8 Å². The lowest BCUT2D eigenvalue weighted by molar-refractivity contribution is -0.137. The third-order valence-corrected chi connectivity index (χ3v) is 9.20. The number of piperazine rings is 1. The first-order valence-corrected chi connectivity index (χ1v) is 14.9. The second-order valence-corrected chi connectivity index (χ2v) is 12.1. The molecule has 0 spiro atoms. The van der Waals surface area contributed by atoms with Crippen LogP contribution < -0.4 is 10.6 Å². The van der Waals surface area contributed by atoms with Crippen LogP contribution in [-0.2, 0) is 20.4 Å². The average molecular weight is 659 g/mol. The molecule has 15 heteroatoms. The lowest BCUT2D eigenvalue weighted by Crippen LogP contribution is -2.58. The van der Waals surface area contributed by atoms with Crippen LogP contribution in [0, 0.1) is 11.6 Å². The summed E-state index contributed by atoms with van der Waals surface area (Å²) >= 11 is 6.91. The molecule has 8 nitrogen and oxygen atoms in total. The molecule has 2 aliphatic heterocycles. The molecular weight excluding hydrogens is 631 g/mol. The minimum atomic E-state index is -4.99. The highest BCUT2D eigenvalue weighted by atomic mass is 35.5. The number of ether oxygens (including phenoxy) is 2. The number of thioether (sulfide) groups is 1. The van der Waals surface area contributed by atoms with Gasteiger partial charge in [0.15, 0.2) is 0 Å². The Kier molecular flexibility index (Phi) is 9.00. The van der Waals surface area contributed by atoms with Gasteiger partial charge in [-0.3, -0.25) is 9.36 Å². The predicted octanol–water partition coefficient (Wildman–Crippen LogP) is 5.89. The molecular formula is C29H28ClF5N4O4S. The lowest BCUT2D eigenvalue weighted by Gasteiger charge is -2.45. The Labute approximate surface area is 258 Å². The number of nitrogens with zero attached hydrogens (tertiary/aromatic N) is 4. The maximum absolute atomic E-state index is 15.2. The molecule has 0 radical (unpaired) electrons. The van der Waals surface area contributed by atoms with E-state index in [0.717, 1.165) is 23.9 Å². The van der Waals surface area contributed by atoms with Gasteiger partial charge in [-0.15, -0.1) is 11.8 Å². The largest absolute Gasteiger partial charge is 0.417 e. The number of hydrogen-bond donors (Lipinski definition) is 0. The van der Waals surface area contributed by atoms with E-state index in [-0.39, 0.29) is 59.8 Å². The summed E-state index contributed by atoms with van der Waals surface area (Å²) in [5, 5.41) is -0.549. The molecule has 1 aromatic heterocycles. The van der Waals surface area contributed by atoms with E-state index < -0.39 is 63.3 Å². The molecule has 1 saturated heterocycles. The fourth-order valence-corrected chi connectivity index (χ4v) is 7.44. The van der Waals surface area contributed by atoms with E-state index in [1.54, 1.807) is 23.6 Å². The fraction of sp³-hybridized carbons (Fsp3) is 0.414. The summed E-state index contributed by atoms with van der Waals surface area (Å²) in [6, 6.07) is 0.664. The maximum atomic E-state index is 15.2. The number of alkyl halides is 3. The fourth-order valence-electron chi connectivity index (χ4n) is 5.96. The number of methoxy groups -OCH3 is 1. The molecule has 1 amide bonds. The number of carbonyl (C=O) groups is 1. The van der Waals surface area contributed by atoms with Crippen molar-refractivity contribution in [1.29, 1.82) is 0 Å². The second kappa shape index (κ2) is 12.3. The van der Waals surface area contributed by atoms with Crippen molar-refractivity contribution in [2.24, 2.45) is 0 Å². The topological polar surface area (TPSA) is 76.9 Å². The Morgan fingerprint density at radius 2 is 1.86 bits per heavy atom. The smallest absolute Gasteiger partial charge is 0.359 e. The molecule has 3 atom stereocenters. The molecule has 236 valence electrons. The van der Waals surface area contributed by atoms with Crippen molar-refractivity contribution in [2.75, 3.05) is 44.3 Å². The van der Waals surface area contributed by atoms with Crippen LogP contribution >= 0.6 is 23.4 Å². The summed E-state index contributed by atoms with van der Waals surface area (Å²) in [5.74, 6) is -2.57. The van der Waals surface area contributed by atoms with Crippen LogP contribution in [0.5, 0.6) is 0 Å². The number of amides is 1. The van der Waals surface area contributed by atoms with Gasteiger partial charge in [0.25, 0.3) is 0 Å². The van der Waals surface area contributed by atoms with Gasteiger partial charge < -0.3 is 19.3 Å². The van der Waals surface area contributed by atoms with E-state index in [1.165, 1.54) is 17.8 Å². The van der Waals surface area contributed by atoms with Crippen LogP contribution in [0.25, 0.3) is 22.0 Å². The van der Waals surface area contributed by atoms with Gasteiger partial charge in [-0.25, -0.2) is 13.6 Å². The minimum absolute atomic E-state index is 0.000576. The molecule has 0 bridgehead atoms. The molecule has 3 heterocycles. The third-order valence-electron chi connectivity index (χ3n) is 7.67. The molecule has 2 aliphatic rings. The quantitative estimate of drug-likeness (QED) is 0.103. The SMILES string of the molecule is C=CC(=O)N1[C@H](C)CN(c2nc(=O)n3c4c(c(-c5cc(Cl)c(F)cc5F)c(C(F)(F)F)cc24)SC[C@@H]3COCOC)C[C@@H]1C. The summed E-state index contributed by atoms with van der Waals surface area (Å²) in [6.45, 7) is 7.34. The molecule has 3 aromatic rings. The van der Waals surface area contributed by atoms with Crippen molar-refractivity contribution in [3.63, 3.8) is 0 Å². The normalized spacial score (nSPS) is 20.3. The maximum Gasteiger partial charge on any atom is 0.417 e. The van der Waals surface area contributed by atoms with Gasteiger partial charge in [-0.05, 0) is 32.1 Å². The zero-order chi connectivity index (χ0) is 32.1. The Hall–Kier alpha value is -3.20. The van der Waals surface area contributed by atoms with Crippen LogP contribution in [0.15, 0.2) is 40.5 Å². The van der Waals surface area contributed by atoms with E-state index in [9.17, 15) is 27.2 Å². The summed E-state index contributed by atoms with van der Waals surface area (Å²) in [6.07, 6.45) is -3.79. The zero-order valence-corrected chi connectivity index (χ0v) is 25.5. The monoisotopic (exact) mass is 658 g/mol. The highest BCUT2D eigenvalue weighted by Crippen LogP contribution is 2.50. The van der Waals surface area contributed by atoms with Gasteiger partial charge in [0, 0.05) is 65.5 Å². The molecule has 44 heavy (non-hydrogen) atoms. The van der Waals surface area contributed by atoms with E-state index in [1.807, 2.05) is 0 Å². The van der Waals surface area contributed by atoms with Crippen molar-refractivity contribution in [2.45, 2.75) is 43.0 Å². The van der Waals surface area contributed by atoms with Crippen molar-refractivity contribution >= 4 is 46.0 Å². The first kappa shape index (κ1) is 32.2. The Morgan fingerprint density at radius 1 is 1.18 bits per heavy atom. The van der Waals surface area contributed by atoms with E-state index >= 15 is 4.39 Å². The molecule has 0 aliphatic carbocycles. The molecule has 0 saturated carbocycles. The van der Waals surface area contributed by atoms with E-state index in [4.69, 9.17) is 21.1 Å². The van der Waals surface area contributed by atoms with Crippen LogP contribution in [0.1, 0.15) is 25.5 Å². The number of hydrogen-bond acceptors (Lipinski definition) is 7. The Bertz CT molecular complexity index is 1690. The summed E-state index contributed by atoms with van der Waals surface area (Å²) in [4.78, 5) is 33.7. The van der Waals surface area contributed by atoms with Crippen molar-refractivity contribution in [3.05, 3.63) is 63.6 Å². The predicted molar refractivity (Wildman–Crippen MR) is 157 cm³/mol. The highest BCUT2D eigenvalue weighted by molar-refractivity contribution is 7.99. The standard InChI is InChI=1S/C29H28ClF5N4O4S/c1-5-23(40)38-14(2)9-37(10-15(38)3)27-18-6-19(29(33,34)35)24(17-7-20(30)22(32)8-21(17)31)26-25(18)39(28(41)36-27)16(12-44-26)11-43-13-42-4/h5-8,14-16H,1,9-13H2,2-4H3/t14-,15+,16-/m0/s1. The highest BCUT2D eigenvalue weighted by Gasteiger charge is 2.41. The number of carbonyl (C=O) groups excluding carboxylic acids is 1. The first-order chi connectivity index (χ1) is 20.8. The second-order valence-electron chi connectivity index (χ2n) is 10.7. The number of halogens is 6. The number of anilines is 1. The number of aromatic nitrogens is 2. The average Bonchev–Trinajstić information content (AvgIpc) is 2.95. The van der Waals surface area contributed by atoms with Crippen molar-refractivity contribution < 1.29 is 36.2 Å². The van der Waals surface area contributed by atoms with Gasteiger partial charge in [-0.2, -0.15) is 18.2 Å². The molecule has 0 N–H and O–H groups in total. The van der Waals surface area contributed by atoms with Gasteiger partial charge in [0.2, 0.25) is 5.91 Å². The Balaban J connectivity index is 1.82. The van der Waals surface area contributed by atoms with Gasteiger partial charge in [0.1, 0.15) is 24.2 Å². The van der Waals surface area contributed by atoms with E-state index in [0.29, 0.717) is 6.07 Å². The van der Waals surface area contributed by atoms with Gasteiger partial charge in [-0.1, -0.05) is 18.2 Å². The number of rotatable bonds is 7. The molecule has 5 rings (SSSR count). The lowest BCUT2D eigenvalue weighted by atomic mass is 9.95. The van der Waals surface area contributed by atoms with Gasteiger partial charge >= 0.3 is 11.9 Å². The molecule has 0 unspecified atom stereocenters. The zero-order valence-electron chi connectivity index (χ0n) is 23.9. The van der Waals surface area contributed by atoms with Crippen LogP contribution in [0.4, 0.5) is 27.8 Å². The summed E-state index contributed by atoms with van der Waals surface area (Å²) in [5.41, 5.74) is -2.95. The third kappa shape index (κ3) is 5.68. The van der Waals surface area contributed by atoms with Crippen LogP contribution in [0.3, 0.4) is 0 Å². The minimum Gasteiger partial charge on any atom is -0.359 e. The van der Waals surface area contributed by atoms with Crippen LogP contribution in [0.2, 0.25) is 5.02 Å².